The molecule has 0 aliphatic carbocycles. The smallest absolute Gasteiger partial charge is 0.119 e. The third-order valence-electron chi connectivity index (χ3n) is 4.13. The molecule has 0 spiro atoms. The van der Waals surface area contributed by atoms with Crippen LogP contribution in [-0.2, 0) is 0 Å². The number of benzene rings is 1. The van der Waals surface area contributed by atoms with E-state index in [0.717, 1.165) is 25.2 Å². The average Bonchev–Trinajstić information content (AvgIpc) is 2.79. The number of aliphatic hydroxyl groups is 1. The molecule has 108 valence electrons. The van der Waals surface area contributed by atoms with E-state index >= 15 is 0 Å². The Morgan fingerprint density at radius 1 is 1.32 bits per heavy atom. The number of anilines is 2. The highest BCUT2D eigenvalue weighted by Gasteiger charge is 2.38. The van der Waals surface area contributed by atoms with E-state index in [0.29, 0.717) is 0 Å². The van der Waals surface area contributed by atoms with E-state index in [1.165, 1.54) is 5.69 Å². The Morgan fingerprint density at radius 3 is 2.42 bits per heavy atom. The zero-order valence-corrected chi connectivity index (χ0v) is 14.2. The third kappa shape index (κ3) is 3.52. The zero-order chi connectivity index (χ0) is 13.3. The van der Waals surface area contributed by atoms with Gasteiger partial charge in [-0.3, -0.25) is 4.90 Å². The van der Waals surface area contributed by atoms with Crippen LogP contribution in [0.5, 0.6) is 0 Å². The van der Waals surface area contributed by atoms with Gasteiger partial charge in [-0.05, 0) is 51.7 Å². The summed E-state index contributed by atoms with van der Waals surface area (Å²) < 4.78 is 0. The highest BCUT2D eigenvalue weighted by atomic mass is 127. The maximum absolute atomic E-state index is 10.5. The van der Waals surface area contributed by atoms with E-state index in [1.54, 1.807) is 0 Å². The predicted molar refractivity (Wildman–Crippen MR) is 90.9 cm³/mol. The van der Waals surface area contributed by atoms with Crippen LogP contribution in [0.15, 0.2) is 24.3 Å². The topological polar surface area (TPSA) is 52.7 Å². The molecule has 2 unspecified atom stereocenters. The van der Waals surface area contributed by atoms with Gasteiger partial charge in [-0.25, -0.2) is 0 Å². The first kappa shape index (κ1) is 16.5. The third-order valence-corrected chi connectivity index (χ3v) is 4.13. The van der Waals surface area contributed by atoms with E-state index in [2.05, 4.69) is 4.90 Å². The van der Waals surface area contributed by atoms with Gasteiger partial charge in [0.25, 0.3) is 0 Å². The lowest BCUT2D eigenvalue weighted by molar-refractivity contribution is -0.106. The van der Waals surface area contributed by atoms with Gasteiger partial charge in [-0.15, -0.1) is 24.0 Å². The zero-order valence-electron chi connectivity index (χ0n) is 11.8. The molecule has 1 heterocycles. The number of nitrogens with two attached hydrogens (primary N) is 1. The van der Waals surface area contributed by atoms with E-state index in [-0.39, 0.29) is 29.9 Å². The van der Waals surface area contributed by atoms with Gasteiger partial charge >= 0.3 is 0 Å². The molecule has 19 heavy (non-hydrogen) atoms. The normalized spacial score (nSPS) is 22.2. The lowest BCUT2D eigenvalue weighted by Crippen LogP contribution is -2.48. The summed E-state index contributed by atoms with van der Waals surface area (Å²) in [4.78, 5) is 4.20. The fourth-order valence-electron chi connectivity index (χ4n) is 2.49. The molecule has 2 rings (SSSR count). The van der Waals surface area contributed by atoms with Crippen molar-refractivity contribution < 1.29 is 5.11 Å². The summed E-state index contributed by atoms with van der Waals surface area (Å²) >= 11 is 0. The first-order valence-electron chi connectivity index (χ1n) is 6.41. The Bertz CT molecular complexity index is 406. The van der Waals surface area contributed by atoms with Crippen LogP contribution in [0, 0.1) is 5.92 Å². The molecule has 1 aliphatic rings. The van der Waals surface area contributed by atoms with Crippen molar-refractivity contribution >= 4 is 35.4 Å². The maximum Gasteiger partial charge on any atom is 0.119 e. The summed E-state index contributed by atoms with van der Waals surface area (Å²) in [5, 5.41) is 10.5. The standard InChI is InChI=1S/C14H23N3O.HI/c1-14(18,16(2)3)11-8-9-17(10-11)13-6-4-12(15)5-7-13;/h4-7,11,18H,8-10,15H2,1-3H3;1H. The molecule has 0 amide bonds. The Morgan fingerprint density at radius 2 is 1.89 bits per heavy atom. The quantitative estimate of drug-likeness (QED) is 0.481. The van der Waals surface area contributed by atoms with Gasteiger partial charge in [-0.2, -0.15) is 0 Å². The molecule has 5 heteroatoms. The summed E-state index contributed by atoms with van der Waals surface area (Å²) in [6.07, 6.45) is 1.01. The van der Waals surface area contributed by atoms with Gasteiger partial charge < -0.3 is 15.7 Å². The summed E-state index contributed by atoms with van der Waals surface area (Å²) in [6.45, 7) is 3.76. The molecule has 0 aromatic heterocycles. The van der Waals surface area contributed by atoms with Crippen LogP contribution in [0.1, 0.15) is 13.3 Å². The Hall–Kier alpha value is -0.530. The van der Waals surface area contributed by atoms with Crippen molar-refractivity contribution in [3.05, 3.63) is 24.3 Å². The van der Waals surface area contributed by atoms with E-state index < -0.39 is 5.72 Å². The molecular weight excluding hydrogens is 353 g/mol. The summed E-state index contributed by atoms with van der Waals surface area (Å²) in [5.41, 5.74) is 6.92. The molecule has 1 aromatic rings. The number of hydrogen-bond acceptors (Lipinski definition) is 4. The fourth-order valence-corrected chi connectivity index (χ4v) is 2.49. The van der Waals surface area contributed by atoms with Crippen LogP contribution in [0.2, 0.25) is 0 Å². The van der Waals surface area contributed by atoms with Crippen LogP contribution < -0.4 is 10.6 Å². The lowest BCUT2D eigenvalue weighted by atomic mass is 9.95. The van der Waals surface area contributed by atoms with Crippen molar-refractivity contribution in [1.29, 1.82) is 0 Å². The first-order valence-corrected chi connectivity index (χ1v) is 6.41. The molecule has 1 aromatic carbocycles. The Balaban J connectivity index is 0.00000180. The van der Waals surface area contributed by atoms with E-state index in [4.69, 9.17) is 5.73 Å². The van der Waals surface area contributed by atoms with Crippen molar-refractivity contribution in [1.82, 2.24) is 4.90 Å². The van der Waals surface area contributed by atoms with Crippen LogP contribution in [0.25, 0.3) is 0 Å². The number of nitrogens with zero attached hydrogens (tertiary/aromatic N) is 2. The molecular formula is C14H24IN3O. The molecule has 1 fully saturated rings. The molecule has 0 saturated carbocycles. The second kappa shape index (κ2) is 6.28. The first-order chi connectivity index (χ1) is 8.41. The number of nitrogen functional groups attached to an aromatic ring is 1. The van der Waals surface area contributed by atoms with Gasteiger partial charge in [0.05, 0.1) is 0 Å². The molecule has 0 radical (unpaired) electrons. The fraction of sp³-hybridized carbons (Fsp3) is 0.571. The molecule has 1 saturated heterocycles. The van der Waals surface area contributed by atoms with Gasteiger partial charge in [-0.1, -0.05) is 0 Å². The van der Waals surface area contributed by atoms with Crippen molar-refractivity contribution in [2.75, 3.05) is 37.8 Å². The van der Waals surface area contributed by atoms with Gasteiger partial charge in [0, 0.05) is 30.4 Å². The van der Waals surface area contributed by atoms with Gasteiger partial charge in [0.2, 0.25) is 0 Å². The van der Waals surface area contributed by atoms with Gasteiger partial charge in [0.15, 0.2) is 0 Å². The maximum atomic E-state index is 10.5. The molecule has 4 nitrogen and oxygen atoms in total. The highest BCUT2D eigenvalue weighted by Crippen LogP contribution is 2.32. The highest BCUT2D eigenvalue weighted by molar-refractivity contribution is 14.0. The van der Waals surface area contributed by atoms with Crippen LogP contribution in [-0.4, -0.2) is 42.9 Å². The van der Waals surface area contributed by atoms with Crippen molar-refractivity contribution in [3.63, 3.8) is 0 Å². The van der Waals surface area contributed by atoms with Crippen molar-refractivity contribution in [2.45, 2.75) is 19.1 Å². The van der Waals surface area contributed by atoms with E-state index in [9.17, 15) is 5.11 Å². The number of halogens is 1. The van der Waals surface area contributed by atoms with Crippen LogP contribution >= 0.6 is 24.0 Å². The Labute approximate surface area is 132 Å². The molecule has 3 N–H and O–H groups in total. The molecule has 0 bridgehead atoms. The Kier molecular flexibility index (Phi) is 5.46. The van der Waals surface area contributed by atoms with Crippen LogP contribution in [0.4, 0.5) is 11.4 Å². The summed E-state index contributed by atoms with van der Waals surface area (Å²) in [6, 6.07) is 7.93. The van der Waals surface area contributed by atoms with E-state index in [1.807, 2.05) is 50.2 Å². The summed E-state index contributed by atoms with van der Waals surface area (Å²) in [7, 11) is 3.84. The minimum Gasteiger partial charge on any atom is -0.399 e. The minimum atomic E-state index is -0.747. The SMILES string of the molecule is CN(C)C(C)(O)C1CCN(c2ccc(N)cc2)C1.I. The summed E-state index contributed by atoms with van der Waals surface area (Å²) in [5.74, 6) is 0.269. The van der Waals surface area contributed by atoms with Crippen LogP contribution in [0.3, 0.4) is 0 Å². The second-order valence-corrected chi connectivity index (χ2v) is 5.51. The number of rotatable bonds is 3. The van der Waals surface area contributed by atoms with Gasteiger partial charge in [0.1, 0.15) is 5.72 Å². The monoisotopic (exact) mass is 377 g/mol. The van der Waals surface area contributed by atoms with Crippen molar-refractivity contribution in [3.8, 4) is 0 Å². The predicted octanol–water partition coefficient (Wildman–Crippen LogP) is 1.98. The molecule has 2 atom stereocenters. The molecule has 1 aliphatic heterocycles. The minimum absolute atomic E-state index is 0. The lowest BCUT2D eigenvalue weighted by Gasteiger charge is -2.36. The largest absolute Gasteiger partial charge is 0.399 e. The number of hydrogen-bond donors (Lipinski definition) is 2. The average molecular weight is 377 g/mol. The second-order valence-electron chi connectivity index (χ2n) is 5.51. The van der Waals surface area contributed by atoms with Crippen molar-refractivity contribution in [2.24, 2.45) is 5.92 Å².